The van der Waals surface area contributed by atoms with Gasteiger partial charge in [-0.2, -0.15) is 0 Å². The molecule has 0 aliphatic carbocycles. The van der Waals surface area contributed by atoms with Crippen molar-refractivity contribution < 1.29 is 27.4 Å². The van der Waals surface area contributed by atoms with Crippen molar-refractivity contribution in [1.82, 2.24) is 0 Å². The number of halogens is 3. The standard InChI is InChI=1S/C30H25F3O3/c1-3-4-17-35-27-16-11-22(18-26(27)31)20-9-12-23(13-10-20)36-30(34)25-15-14-24(28(32)29(25)33)21-7-5-19(2)6-8-21/h5-16,18H,3-4,17H2,1-2H3. The highest BCUT2D eigenvalue weighted by molar-refractivity contribution is 5.92. The molecule has 6 heteroatoms. The monoisotopic (exact) mass is 490 g/mol. The van der Waals surface area contributed by atoms with Gasteiger partial charge in [0.25, 0.3) is 0 Å². The average molecular weight is 491 g/mol. The Balaban J connectivity index is 1.47. The summed E-state index contributed by atoms with van der Waals surface area (Å²) in [7, 11) is 0. The van der Waals surface area contributed by atoms with Crippen LogP contribution in [-0.2, 0) is 0 Å². The molecule has 0 saturated carbocycles. The zero-order valence-electron chi connectivity index (χ0n) is 20.0. The lowest BCUT2D eigenvalue weighted by Gasteiger charge is -2.10. The molecule has 184 valence electrons. The summed E-state index contributed by atoms with van der Waals surface area (Å²) in [6.45, 7) is 4.37. The molecule has 0 atom stereocenters. The first-order valence-electron chi connectivity index (χ1n) is 11.7. The fourth-order valence-corrected chi connectivity index (χ4v) is 3.66. The Bertz CT molecular complexity index is 1360. The fraction of sp³-hybridized carbons (Fsp3) is 0.167. The minimum absolute atomic E-state index is 0.0578. The van der Waals surface area contributed by atoms with E-state index in [-0.39, 0.29) is 17.1 Å². The van der Waals surface area contributed by atoms with E-state index >= 15 is 0 Å². The van der Waals surface area contributed by atoms with Gasteiger partial charge in [0.2, 0.25) is 0 Å². The zero-order valence-corrected chi connectivity index (χ0v) is 20.0. The highest BCUT2D eigenvalue weighted by atomic mass is 19.2. The molecule has 0 bridgehead atoms. The third-order valence-corrected chi connectivity index (χ3v) is 5.75. The number of hydrogen-bond acceptors (Lipinski definition) is 3. The Hall–Kier alpha value is -4.06. The van der Waals surface area contributed by atoms with Crippen LogP contribution >= 0.6 is 0 Å². The lowest BCUT2D eigenvalue weighted by molar-refractivity contribution is 0.0728. The van der Waals surface area contributed by atoms with Crippen molar-refractivity contribution in [2.24, 2.45) is 0 Å². The predicted octanol–water partition coefficient (Wildman–Crippen LogP) is 8.14. The molecule has 0 spiro atoms. The van der Waals surface area contributed by atoms with Crippen LogP contribution in [0.4, 0.5) is 13.2 Å². The van der Waals surface area contributed by atoms with Gasteiger partial charge in [0.05, 0.1) is 12.2 Å². The van der Waals surface area contributed by atoms with Crippen LogP contribution < -0.4 is 9.47 Å². The minimum Gasteiger partial charge on any atom is -0.491 e. The lowest BCUT2D eigenvalue weighted by Crippen LogP contribution is -2.12. The number of carbonyl (C=O) groups is 1. The predicted molar refractivity (Wildman–Crippen MR) is 134 cm³/mol. The molecule has 0 unspecified atom stereocenters. The van der Waals surface area contributed by atoms with Crippen LogP contribution in [0.2, 0.25) is 0 Å². The molecule has 0 aliphatic rings. The Morgan fingerprint density at radius 2 is 1.44 bits per heavy atom. The molecule has 0 aromatic heterocycles. The lowest BCUT2D eigenvalue weighted by atomic mass is 10.0. The van der Waals surface area contributed by atoms with Gasteiger partial charge in [-0.1, -0.05) is 67.4 Å². The van der Waals surface area contributed by atoms with Gasteiger partial charge in [-0.25, -0.2) is 18.0 Å². The number of esters is 1. The van der Waals surface area contributed by atoms with E-state index in [9.17, 15) is 18.0 Å². The summed E-state index contributed by atoms with van der Waals surface area (Å²) in [5.74, 6) is -3.54. The molecule has 4 rings (SSSR count). The van der Waals surface area contributed by atoms with Crippen molar-refractivity contribution in [1.29, 1.82) is 0 Å². The topological polar surface area (TPSA) is 35.5 Å². The smallest absolute Gasteiger partial charge is 0.346 e. The Morgan fingerprint density at radius 3 is 2.11 bits per heavy atom. The number of carbonyl (C=O) groups excluding carboxylic acids is 1. The zero-order chi connectivity index (χ0) is 25.7. The molecule has 0 amide bonds. The van der Waals surface area contributed by atoms with E-state index in [1.165, 1.54) is 30.3 Å². The summed E-state index contributed by atoms with van der Waals surface area (Å²) in [6.07, 6.45) is 1.80. The number of rotatable bonds is 8. The van der Waals surface area contributed by atoms with E-state index in [1.807, 2.05) is 13.8 Å². The van der Waals surface area contributed by atoms with E-state index in [0.717, 1.165) is 18.4 Å². The van der Waals surface area contributed by atoms with Crippen LogP contribution in [0.25, 0.3) is 22.3 Å². The van der Waals surface area contributed by atoms with E-state index in [2.05, 4.69) is 0 Å². The maximum Gasteiger partial charge on any atom is 0.346 e. The Kier molecular flexibility index (Phi) is 7.74. The molecule has 0 aliphatic heterocycles. The van der Waals surface area contributed by atoms with Crippen LogP contribution in [-0.4, -0.2) is 12.6 Å². The molecule has 0 radical (unpaired) electrons. The molecule has 3 nitrogen and oxygen atoms in total. The summed E-state index contributed by atoms with van der Waals surface area (Å²) in [4.78, 5) is 12.5. The number of ether oxygens (including phenoxy) is 2. The number of aryl methyl sites for hydroxylation is 1. The molecule has 36 heavy (non-hydrogen) atoms. The second kappa shape index (κ2) is 11.1. The largest absolute Gasteiger partial charge is 0.491 e. The van der Waals surface area contributed by atoms with Gasteiger partial charge in [-0.05, 0) is 60.4 Å². The van der Waals surface area contributed by atoms with Crippen molar-refractivity contribution in [3.05, 3.63) is 107 Å². The fourth-order valence-electron chi connectivity index (χ4n) is 3.66. The summed E-state index contributed by atoms with van der Waals surface area (Å²) in [6, 6.07) is 20.5. The van der Waals surface area contributed by atoms with Crippen LogP contribution in [0, 0.1) is 24.4 Å². The number of hydrogen-bond donors (Lipinski definition) is 0. The second-order valence-corrected chi connectivity index (χ2v) is 8.42. The van der Waals surface area contributed by atoms with Crippen LogP contribution in [0.1, 0.15) is 35.7 Å². The average Bonchev–Trinajstić information content (AvgIpc) is 2.88. The molecular weight excluding hydrogens is 465 g/mol. The van der Waals surface area contributed by atoms with Crippen LogP contribution in [0.5, 0.6) is 11.5 Å². The minimum atomic E-state index is -1.27. The first-order valence-corrected chi connectivity index (χ1v) is 11.7. The van der Waals surface area contributed by atoms with Crippen LogP contribution in [0.3, 0.4) is 0 Å². The third-order valence-electron chi connectivity index (χ3n) is 5.75. The second-order valence-electron chi connectivity index (χ2n) is 8.42. The van der Waals surface area contributed by atoms with Crippen molar-refractivity contribution in [2.75, 3.05) is 6.61 Å². The highest BCUT2D eigenvalue weighted by Gasteiger charge is 2.21. The molecule has 0 fully saturated rings. The van der Waals surface area contributed by atoms with Gasteiger partial charge < -0.3 is 9.47 Å². The number of unbranched alkanes of at least 4 members (excludes halogenated alkanes) is 1. The van der Waals surface area contributed by atoms with Gasteiger partial charge >= 0.3 is 5.97 Å². The maximum atomic E-state index is 14.7. The third kappa shape index (κ3) is 5.60. The summed E-state index contributed by atoms with van der Waals surface area (Å²) in [5.41, 5.74) is 2.35. The van der Waals surface area contributed by atoms with Crippen LogP contribution in [0.15, 0.2) is 78.9 Å². The Labute approximate surface area is 208 Å². The molecular formula is C30H25F3O3. The molecule has 4 aromatic carbocycles. The van der Waals surface area contributed by atoms with Gasteiger partial charge in [0.1, 0.15) is 5.75 Å². The van der Waals surface area contributed by atoms with Gasteiger partial charge in [-0.15, -0.1) is 0 Å². The van der Waals surface area contributed by atoms with Gasteiger partial charge in [0.15, 0.2) is 23.2 Å². The first kappa shape index (κ1) is 25.0. The summed E-state index contributed by atoms with van der Waals surface area (Å²) in [5, 5.41) is 0. The summed E-state index contributed by atoms with van der Waals surface area (Å²) >= 11 is 0. The van der Waals surface area contributed by atoms with Crippen molar-refractivity contribution >= 4 is 5.97 Å². The van der Waals surface area contributed by atoms with E-state index in [0.29, 0.717) is 23.3 Å². The highest BCUT2D eigenvalue weighted by Crippen LogP contribution is 2.29. The van der Waals surface area contributed by atoms with Gasteiger partial charge in [-0.3, -0.25) is 0 Å². The quantitative estimate of drug-likeness (QED) is 0.142. The van der Waals surface area contributed by atoms with Crippen molar-refractivity contribution in [2.45, 2.75) is 26.7 Å². The molecule has 0 saturated heterocycles. The molecule has 0 N–H and O–H groups in total. The maximum absolute atomic E-state index is 14.7. The van der Waals surface area contributed by atoms with Crippen molar-refractivity contribution in [3.63, 3.8) is 0 Å². The Morgan fingerprint density at radius 1 is 0.778 bits per heavy atom. The van der Waals surface area contributed by atoms with Crippen molar-refractivity contribution in [3.8, 4) is 33.8 Å². The number of benzene rings is 4. The SMILES string of the molecule is CCCCOc1ccc(-c2ccc(OC(=O)c3ccc(-c4ccc(C)cc4)c(F)c3F)cc2)cc1F. The molecule has 0 heterocycles. The summed E-state index contributed by atoms with van der Waals surface area (Å²) < 4.78 is 54.5. The van der Waals surface area contributed by atoms with E-state index < -0.39 is 29.0 Å². The first-order chi connectivity index (χ1) is 17.4. The van der Waals surface area contributed by atoms with E-state index in [1.54, 1.807) is 48.5 Å². The van der Waals surface area contributed by atoms with Gasteiger partial charge in [0, 0.05) is 5.56 Å². The normalized spacial score (nSPS) is 10.8. The van der Waals surface area contributed by atoms with E-state index in [4.69, 9.17) is 9.47 Å². The molecule has 4 aromatic rings.